The summed E-state index contributed by atoms with van der Waals surface area (Å²) < 4.78 is 0. The van der Waals surface area contributed by atoms with E-state index >= 15 is 0 Å². The van der Waals surface area contributed by atoms with Gasteiger partial charge in [0.25, 0.3) is 0 Å². The Kier molecular flexibility index (Phi) is 7.48. The molecule has 5 rings (SSSR count). The van der Waals surface area contributed by atoms with Gasteiger partial charge in [0, 0.05) is 36.8 Å². The zero-order chi connectivity index (χ0) is 22.1. The third-order valence-corrected chi connectivity index (χ3v) is 10.2. The number of nitrogens with zero attached hydrogens (tertiary/aromatic N) is 2. The van der Waals surface area contributed by atoms with Crippen LogP contribution in [0.2, 0.25) is 0 Å². The maximum atomic E-state index is 11.8. The van der Waals surface area contributed by atoms with Crippen LogP contribution in [0.1, 0.15) is 104 Å². The van der Waals surface area contributed by atoms with Crippen LogP contribution in [-0.2, 0) is 4.79 Å². The van der Waals surface area contributed by atoms with Crippen LogP contribution >= 0.6 is 0 Å². The highest BCUT2D eigenvalue weighted by molar-refractivity contribution is 5.48. The molecule has 182 valence electrons. The highest BCUT2D eigenvalue weighted by Crippen LogP contribution is 2.46. The number of hydrogen-bond donors (Lipinski definition) is 1. The number of carbonyl (C=O) groups is 1. The third kappa shape index (κ3) is 4.92. The number of likely N-dealkylation sites (tertiary alicyclic amines) is 1. The van der Waals surface area contributed by atoms with Crippen molar-refractivity contribution in [1.29, 1.82) is 0 Å². The predicted octanol–water partition coefficient (Wildman–Crippen LogP) is 5.21. The average Bonchev–Trinajstić information content (AvgIpc) is 2.79. The monoisotopic (exact) mass is 443 g/mol. The predicted molar refractivity (Wildman–Crippen MR) is 131 cm³/mol. The minimum absolute atomic E-state index is 0.526. The van der Waals surface area contributed by atoms with E-state index in [1.54, 1.807) is 0 Å². The molecular formula is C28H49N3O. The van der Waals surface area contributed by atoms with Crippen LogP contribution < -0.4 is 5.32 Å². The van der Waals surface area contributed by atoms with Gasteiger partial charge in [-0.25, -0.2) is 0 Å². The molecule has 1 amide bonds. The SMILES string of the molecule is C[C@H]1C[C@@H]2CCC[C@@H](C[C@@H]3C[C@H](C)C[C@H]4[C@H]3CCCN4C=O)N2[C@@H](CC2CCCCN2)C1. The van der Waals surface area contributed by atoms with Gasteiger partial charge < -0.3 is 10.2 Å². The third-order valence-electron chi connectivity index (χ3n) is 10.2. The summed E-state index contributed by atoms with van der Waals surface area (Å²) in [4.78, 5) is 17.1. The minimum Gasteiger partial charge on any atom is -0.342 e. The van der Waals surface area contributed by atoms with Gasteiger partial charge in [0.05, 0.1) is 0 Å². The first kappa shape index (κ1) is 23.1. The van der Waals surface area contributed by atoms with Gasteiger partial charge in [0.2, 0.25) is 6.41 Å². The lowest BCUT2D eigenvalue weighted by Gasteiger charge is -2.55. The standard InChI is InChI=1S/C28H49N3O/c1-20-13-22(27-10-6-12-30(19-32)28(27)16-20)17-25-9-5-8-24-14-21(2)15-26(31(24)25)18-23-7-3-4-11-29-23/h19-29H,3-18H2,1-2H3/t20-,21-,22-,23?,24-,25-,26+,27-,28-/m0/s1. The molecular weight excluding hydrogens is 394 g/mol. The van der Waals surface area contributed by atoms with E-state index in [1.807, 2.05) is 0 Å². The van der Waals surface area contributed by atoms with Crippen LogP contribution in [0.25, 0.3) is 0 Å². The van der Waals surface area contributed by atoms with Crippen LogP contribution in [0.15, 0.2) is 0 Å². The molecule has 1 aliphatic carbocycles. The topological polar surface area (TPSA) is 35.6 Å². The molecule has 0 aromatic heterocycles. The highest BCUT2D eigenvalue weighted by atomic mass is 16.1. The number of amides is 1. The van der Waals surface area contributed by atoms with Crippen LogP contribution in [0, 0.1) is 23.7 Å². The second-order valence-corrected chi connectivity index (χ2v) is 12.6. The molecule has 4 nitrogen and oxygen atoms in total. The van der Waals surface area contributed by atoms with Crippen molar-refractivity contribution in [2.45, 2.75) is 134 Å². The van der Waals surface area contributed by atoms with Crippen molar-refractivity contribution in [3.63, 3.8) is 0 Å². The second-order valence-electron chi connectivity index (χ2n) is 12.6. The minimum atomic E-state index is 0.526. The maximum Gasteiger partial charge on any atom is 0.209 e. The van der Waals surface area contributed by atoms with E-state index in [0.717, 1.165) is 54.4 Å². The summed E-state index contributed by atoms with van der Waals surface area (Å²) in [7, 11) is 0. The lowest BCUT2D eigenvalue weighted by atomic mass is 9.65. The Balaban J connectivity index is 1.31. The van der Waals surface area contributed by atoms with E-state index < -0.39 is 0 Å². The molecule has 5 aliphatic rings. The largest absolute Gasteiger partial charge is 0.342 e. The van der Waals surface area contributed by atoms with Gasteiger partial charge >= 0.3 is 0 Å². The molecule has 0 aromatic rings. The highest BCUT2D eigenvalue weighted by Gasteiger charge is 2.45. The molecule has 4 heterocycles. The van der Waals surface area contributed by atoms with Crippen molar-refractivity contribution in [3.8, 4) is 0 Å². The van der Waals surface area contributed by atoms with Crippen LogP contribution in [0.5, 0.6) is 0 Å². The zero-order valence-electron chi connectivity index (χ0n) is 20.9. The Labute approximate surface area is 197 Å². The summed E-state index contributed by atoms with van der Waals surface area (Å²) in [5.41, 5.74) is 0. The van der Waals surface area contributed by atoms with E-state index in [9.17, 15) is 4.79 Å². The number of hydrogen-bond acceptors (Lipinski definition) is 3. The normalized spacial score (nSPS) is 45.7. The number of fused-ring (bicyclic) bond motifs is 2. The number of carbonyl (C=O) groups excluding carboxylic acids is 1. The van der Waals surface area contributed by atoms with Gasteiger partial charge in [-0.1, -0.05) is 26.7 Å². The molecule has 5 fully saturated rings. The first-order chi connectivity index (χ1) is 15.6. The van der Waals surface area contributed by atoms with Crippen LogP contribution in [0.4, 0.5) is 0 Å². The Bertz CT molecular complexity index is 620. The second kappa shape index (κ2) is 10.3. The van der Waals surface area contributed by atoms with Gasteiger partial charge in [0.1, 0.15) is 0 Å². The molecule has 1 saturated carbocycles. The maximum absolute atomic E-state index is 11.8. The van der Waals surface area contributed by atoms with Crippen molar-refractivity contribution in [1.82, 2.24) is 15.1 Å². The van der Waals surface area contributed by atoms with Gasteiger partial charge in [0.15, 0.2) is 0 Å². The van der Waals surface area contributed by atoms with Crippen molar-refractivity contribution in [2.75, 3.05) is 13.1 Å². The van der Waals surface area contributed by atoms with Gasteiger partial charge in [-0.05, 0) is 107 Å². The van der Waals surface area contributed by atoms with E-state index in [0.29, 0.717) is 6.04 Å². The van der Waals surface area contributed by atoms with Crippen molar-refractivity contribution in [3.05, 3.63) is 0 Å². The summed E-state index contributed by atoms with van der Waals surface area (Å²) in [5, 5.41) is 3.86. The Morgan fingerprint density at radius 2 is 1.72 bits per heavy atom. The Morgan fingerprint density at radius 1 is 0.844 bits per heavy atom. The van der Waals surface area contributed by atoms with E-state index in [4.69, 9.17) is 0 Å². The van der Waals surface area contributed by atoms with Crippen molar-refractivity contribution >= 4 is 6.41 Å². The molecule has 4 saturated heterocycles. The Morgan fingerprint density at radius 3 is 2.53 bits per heavy atom. The summed E-state index contributed by atoms with van der Waals surface area (Å²) in [6.45, 7) is 7.20. The fraction of sp³-hybridized carbons (Fsp3) is 0.964. The molecule has 4 heteroatoms. The molecule has 1 N–H and O–H groups in total. The quantitative estimate of drug-likeness (QED) is 0.592. The summed E-state index contributed by atoms with van der Waals surface area (Å²) in [5.74, 6) is 3.24. The van der Waals surface area contributed by atoms with E-state index in [-0.39, 0.29) is 0 Å². The van der Waals surface area contributed by atoms with Gasteiger partial charge in [-0.3, -0.25) is 9.69 Å². The summed E-state index contributed by atoms with van der Waals surface area (Å²) in [6, 6.07) is 3.69. The molecule has 0 radical (unpaired) electrons. The molecule has 9 atom stereocenters. The van der Waals surface area contributed by atoms with Crippen LogP contribution in [0.3, 0.4) is 0 Å². The fourth-order valence-electron chi connectivity index (χ4n) is 9.00. The first-order valence-corrected chi connectivity index (χ1v) is 14.3. The molecule has 4 aliphatic heterocycles. The Hall–Kier alpha value is -0.610. The molecule has 32 heavy (non-hydrogen) atoms. The number of piperidine rings is 4. The molecule has 0 bridgehead atoms. The van der Waals surface area contributed by atoms with Crippen molar-refractivity contribution in [2.24, 2.45) is 23.7 Å². The van der Waals surface area contributed by atoms with Gasteiger partial charge in [-0.15, -0.1) is 0 Å². The van der Waals surface area contributed by atoms with Crippen LogP contribution in [-0.4, -0.2) is 59.5 Å². The molecule has 0 spiro atoms. The molecule has 0 aromatic carbocycles. The lowest BCUT2D eigenvalue weighted by molar-refractivity contribution is -0.126. The number of nitrogens with one attached hydrogen (secondary N) is 1. The average molecular weight is 444 g/mol. The fourth-order valence-corrected chi connectivity index (χ4v) is 9.00. The lowest BCUT2D eigenvalue weighted by Crippen LogP contribution is -2.58. The number of rotatable bonds is 5. The summed E-state index contributed by atoms with van der Waals surface area (Å²) >= 11 is 0. The molecule has 1 unspecified atom stereocenters. The zero-order valence-corrected chi connectivity index (χ0v) is 20.9. The van der Waals surface area contributed by atoms with Gasteiger partial charge in [-0.2, -0.15) is 0 Å². The van der Waals surface area contributed by atoms with Crippen molar-refractivity contribution < 1.29 is 4.79 Å². The smallest absolute Gasteiger partial charge is 0.209 e. The van der Waals surface area contributed by atoms with E-state index in [2.05, 4.69) is 29.0 Å². The first-order valence-electron chi connectivity index (χ1n) is 14.3. The summed E-state index contributed by atoms with van der Waals surface area (Å²) in [6.07, 6.45) is 20.5. The van der Waals surface area contributed by atoms with E-state index in [1.165, 1.54) is 103 Å².